The Morgan fingerprint density at radius 3 is 2.48 bits per heavy atom. The van der Waals surface area contributed by atoms with Gasteiger partial charge in [-0.05, 0) is 31.2 Å². The molecule has 166 valence electrons. The Morgan fingerprint density at radius 2 is 1.90 bits per heavy atom. The number of hydrogen-bond acceptors (Lipinski definition) is 6. The second kappa shape index (κ2) is 7.97. The maximum atomic E-state index is 13.8. The Bertz CT molecular complexity index is 1100. The van der Waals surface area contributed by atoms with Crippen molar-refractivity contribution in [3.05, 3.63) is 40.5 Å². The summed E-state index contributed by atoms with van der Waals surface area (Å²) in [6.07, 6.45) is -2.96. The van der Waals surface area contributed by atoms with E-state index in [1.807, 2.05) is 6.92 Å². The van der Waals surface area contributed by atoms with E-state index in [0.717, 1.165) is 6.07 Å². The van der Waals surface area contributed by atoms with Crippen LogP contribution in [0.4, 0.5) is 13.2 Å². The number of fused-ring (bicyclic) bond motifs is 1. The Hall–Kier alpha value is -2.91. The summed E-state index contributed by atoms with van der Waals surface area (Å²) in [6, 6.07) is 2.70. The minimum atomic E-state index is -4.55. The largest absolute Gasteiger partial charge is 0.417 e. The van der Waals surface area contributed by atoms with Crippen LogP contribution in [0.15, 0.2) is 21.2 Å². The van der Waals surface area contributed by atoms with Gasteiger partial charge in [-0.1, -0.05) is 31.1 Å². The zero-order valence-corrected chi connectivity index (χ0v) is 17.5. The molecule has 0 N–H and O–H groups in total. The molecule has 1 aliphatic heterocycles. The number of halogens is 3. The summed E-state index contributed by atoms with van der Waals surface area (Å²) in [6.45, 7) is 6.21. The van der Waals surface area contributed by atoms with Gasteiger partial charge in [0.15, 0.2) is 0 Å². The van der Waals surface area contributed by atoms with Crippen LogP contribution in [0, 0.1) is 0 Å². The Balaban J connectivity index is 1.58. The molecule has 0 saturated carbocycles. The first kappa shape index (κ1) is 21.3. The third-order valence-electron chi connectivity index (χ3n) is 5.69. The fourth-order valence-corrected chi connectivity index (χ4v) is 3.88. The number of aryl methyl sites for hydroxylation is 1. The highest BCUT2D eigenvalue weighted by molar-refractivity contribution is 5.91. The SMILES string of the molecule is CCc1cc(C(=O)N2CCC(c3noc4nc(C(C)C)cc(C(F)(F)F)c34)CC2)on1. The van der Waals surface area contributed by atoms with Crippen LogP contribution in [0.25, 0.3) is 11.1 Å². The predicted octanol–water partition coefficient (Wildman–Crippen LogP) is 4.94. The maximum Gasteiger partial charge on any atom is 0.417 e. The molecule has 31 heavy (non-hydrogen) atoms. The molecule has 3 aromatic heterocycles. The number of aromatic nitrogens is 3. The van der Waals surface area contributed by atoms with Gasteiger partial charge < -0.3 is 13.9 Å². The Morgan fingerprint density at radius 1 is 1.19 bits per heavy atom. The molecule has 1 saturated heterocycles. The van der Waals surface area contributed by atoms with E-state index in [2.05, 4.69) is 15.3 Å². The molecule has 0 atom stereocenters. The van der Waals surface area contributed by atoms with Crippen molar-refractivity contribution in [2.75, 3.05) is 13.1 Å². The zero-order chi connectivity index (χ0) is 22.3. The average molecular weight is 436 g/mol. The van der Waals surface area contributed by atoms with Crippen molar-refractivity contribution < 1.29 is 27.0 Å². The standard InChI is InChI=1S/C21H23F3N4O3/c1-4-13-9-16(30-26-13)20(29)28-7-5-12(6-8-28)18-17-14(21(22,23)24)10-15(11(2)3)25-19(17)31-27-18/h9-12H,4-8H2,1-3H3. The molecule has 1 fully saturated rings. The first-order valence-electron chi connectivity index (χ1n) is 10.3. The molecule has 0 spiro atoms. The summed E-state index contributed by atoms with van der Waals surface area (Å²) in [5, 5.41) is 7.72. The third kappa shape index (κ3) is 4.03. The van der Waals surface area contributed by atoms with Crippen molar-refractivity contribution in [3.8, 4) is 0 Å². The van der Waals surface area contributed by atoms with Gasteiger partial charge in [-0.25, -0.2) is 4.98 Å². The zero-order valence-electron chi connectivity index (χ0n) is 17.5. The molecule has 0 aromatic carbocycles. The van der Waals surface area contributed by atoms with Crippen molar-refractivity contribution in [1.29, 1.82) is 0 Å². The molecule has 0 radical (unpaired) electrons. The van der Waals surface area contributed by atoms with Gasteiger partial charge >= 0.3 is 6.18 Å². The van der Waals surface area contributed by atoms with E-state index in [-0.39, 0.29) is 40.3 Å². The summed E-state index contributed by atoms with van der Waals surface area (Å²) >= 11 is 0. The highest BCUT2D eigenvalue weighted by atomic mass is 19.4. The average Bonchev–Trinajstić information content (AvgIpc) is 3.39. The van der Waals surface area contributed by atoms with Crippen molar-refractivity contribution in [3.63, 3.8) is 0 Å². The monoisotopic (exact) mass is 436 g/mol. The fourth-order valence-electron chi connectivity index (χ4n) is 3.88. The number of amides is 1. The second-order valence-electron chi connectivity index (χ2n) is 8.10. The van der Waals surface area contributed by atoms with Crippen molar-refractivity contribution >= 4 is 17.0 Å². The summed E-state index contributed by atoms with van der Waals surface area (Å²) in [5.41, 5.74) is 0.386. The number of carbonyl (C=O) groups excluding carboxylic acids is 1. The van der Waals surface area contributed by atoms with E-state index in [4.69, 9.17) is 9.05 Å². The number of likely N-dealkylation sites (tertiary alicyclic amines) is 1. The van der Waals surface area contributed by atoms with Crippen LogP contribution in [0.5, 0.6) is 0 Å². The molecular formula is C21H23F3N4O3. The number of piperidine rings is 1. The molecule has 3 aromatic rings. The van der Waals surface area contributed by atoms with Crippen LogP contribution in [0.3, 0.4) is 0 Å². The quantitative estimate of drug-likeness (QED) is 0.576. The maximum absolute atomic E-state index is 13.8. The molecule has 7 nitrogen and oxygen atoms in total. The summed E-state index contributed by atoms with van der Waals surface area (Å²) in [5.74, 6) is -0.543. The van der Waals surface area contributed by atoms with E-state index in [1.165, 1.54) is 0 Å². The molecule has 4 heterocycles. The van der Waals surface area contributed by atoms with Crippen LogP contribution in [-0.4, -0.2) is 39.2 Å². The van der Waals surface area contributed by atoms with Gasteiger partial charge in [0.2, 0.25) is 5.76 Å². The minimum Gasteiger partial charge on any atom is -0.351 e. The molecule has 4 rings (SSSR count). The van der Waals surface area contributed by atoms with Crippen molar-refractivity contribution in [2.45, 2.75) is 58.0 Å². The van der Waals surface area contributed by atoms with Gasteiger partial charge in [0.25, 0.3) is 11.6 Å². The van der Waals surface area contributed by atoms with E-state index in [0.29, 0.717) is 43.7 Å². The third-order valence-corrected chi connectivity index (χ3v) is 5.69. The van der Waals surface area contributed by atoms with E-state index < -0.39 is 11.7 Å². The van der Waals surface area contributed by atoms with Crippen molar-refractivity contribution in [2.24, 2.45) is 0 Å². The number of alkyl halides is 3. The van der Waals surface area contributed by atoms with Crippen LogP contribution >= 0.6 is 0 Å². The highest BCUT2D eigenvalue weighted by Gasteiger charge is 2.38. The molecule has 0 bridgehead atoms. The first-order valence-corrected chi connectivity index (χ1v) is 10.3. The van der Waals surface area contributed by atoms with Gasteiger partial charge in [-0.3, -0.25) is 4.79 Å². The fraction of sp³-hybridized carbons (Fsp3) is 0.524. The molecule has 1 aliphatic rings. The molecule has 10 heteroatoms. The topological polar surface area (TPSA) is 85.3 Å². The number of rotatable bonds is 4. The lowest BCUT2D eigenvalue weighted by Gasteiger charge is -2.30. The number of pyridine rings is 1. The van der Waals surface area contributed by atoms with Crippen LogP contribution in [0.1, 0.15) is 78.6 Å². The van der Waals surface area contributed by atoms with Gasteiger partial charge in [0.05, 0.1) is 22.3 Å². The van der Waals surface area contributed by atoms with Gasteiger partial charge in [-0.15, -0.1) is 0 Å². The highest BCUT2D eigenvalue weighted by Crippen LogP contribution is 2.41. The lowest BCUT2D eigenvalue weighted by Crippen LogP contribution is -2.37. The molecular weight excluding hydrogens is 413 g/mol. The van der Waals surface area contributed by atoms with E-state index in [9.17, 15) is 18.0 Å². The number of carbonyl (C=O) groups is 1. The summed E-state index contributed by atoms with van der Waals surface area (Å²) in [4.78, 5) is 18.5. The van der Waals surface area contributed by atoms with Crippen molar-refractivity contribution in [1.82, 2.24) is 20.2 Å². The van der Waals surface area contributed by atoms with Crippen LogP contribution in [0.2, 0.25) is 0 Å². The van der Waals surface area contributed by atoms with Gasteiger partial charge in [0.1, 0.15) is 0 Å². The molecule has 0 unspecified atom stereocenters. The van der Waals surface area contributed by atoms with Crippen LogP contribution < -0.4 is 0 Å². The van der Waals surface area contributed by atoms with Gasteiger partial charge in [0, 0.05) is 30.8 Å². The Kier molecular flexibility index (Phi) is 5.49. The number of hydrogen-bond donors (Lipinski definition) is 0. The normalized spacial score (nSPS) is 15.9. The lowest BCUT2D eigenvalue weighted by molar-refractivity contribution is -0.136. The van der Waals surface area contributed by atoms with Gasteiger partial charge in [-0.2, -0.15) is 13.2 Å². The minimum absolute atomic E-state index is 0.0792. The second-order valence-corrected chi connectivity index (χ2v) is 8.10. The summed E-state index contributed by atoms with van der Waals surface area (Å²) < 4.78 is 51.8. The Labute approximate surface area is 176 Å². The van der Waals surface area contributed by atoms with E-state index in [1.54, 1.807) is 24.8 Å². The lowest BCUT2D eigenvalue weighted by atomic mass is 9.90. The number of nitrogens with zero attached hydrogens (tertiary/aromatic N) is 4. The predicted molar refractivity (Wildman–Crippen MR) is 105 cm³/mol. The molecule has 0 aliphatic carbocycles. The smallest absolute Gasteiger partial charge is 0.351 e. The van der Waals surface area contributed by atoms with E-state index >= 15 is 0 Å². The van der Waals surface area contributed by atoms with Crippen LogP contribution in [-0.2, 0) is 12.6 Å². The first-order chi connectivity index (χ1) is 14.7. The summed E-state index contributed by atoms with van der Waals surface area (Å²) in [7, 11) is 0. The molecule has 1 amide bonds.